The van der Waals surface area contributed by atoms with E-state index >= 15 is 0 Å². The molecule has 1 aliphatic rings. The van der Waals surface area contributed by atoms with E-state index in [0.29, 0.717) is 6.10 Å². The molecule has 0 amide bonds. The molecular weight excluding hydrogens is 318 g/mol. The first-order valence-electron chi connectivity index (χ1n) is 7.14. The molecule has 2 aromatic rings. The van der Waals surface area contributed by atoms with Crippen LogP contribution in [0.4, 0.5) is 0 Å². The molecule has 1 saturated heterocycles. The monoisotopic (exact) mass is 337 g/mol. The summed E-state index contributed by atoms with van der Waals surface area (Å²) >= 11 is 3.52. The Hall–Kier alpha value is -0.910. The van der Waals surface area contributed by atoms with Gasteiger partial charge >= 0.3 is 0 Å². The van der Waals surface area contributed by atoms with Gasteiger partial charge in [0.25, 0.3) is 0 Å². The number of nitrogens with one attached hydrogen (secondary N) is 1. The van der Waals surface area contributed by atoms with Gasteiger partial charge in [-0.2, -0.15) is 0 Å². The predicted molar refractivity (Wildman–Crippen MR) is 83.9 cm³/mol. The summed E-state index contributed by atoms with van der Waals surface area (Å²) in [6.07, 6.45) is 2.39. The lowest BCUT2D eigenvalue weighted by Crippen LogP contribution is -2.19. The number of methoxy groups -OCH3 is 1. The molecule has 2 atom stereocenters. The molecule has 0 spiro atoms. The van der Waals surface area contributed by atoms with Crippen molar-refractivity contribution in [3.63, 3.8) is 0 Å². The minimum Gasteiger partial charge on any atom is -0.380 e. The second-order valence-corrected chi connectivity index (χ2v) is 6.22. The predicted octanol–water partition coefficient (Wildman–Crippen LogP) is 3.26. The standard InChI is InChI=1S/C15H20BrN3O/c1-3-6-19-14-5-4-10(16)7-12(14)18-15(19)13-8-11(20-2)9-17-13/h4-5,7,11,13,17H,3,6,8-9H2,1-2H3. The number of fused-ring (bicyclic) bond motifs is 1. The van der Waals surface area contributed by atoms with Gasteiger partial charge in [0.05, 0.1) is 23.2 Å². The smallest absolute Gasteiger partial charge is 0.127 e. The fraction of sp³-hybridized carbons (Fsp3) is 0.533. The van der Waals surface area contributed by atoms with Gasteiger partial charge in [-0.1, -0.05) is 22.9 Å². The van der Waals surface area contributed by atoms with E-state index in [-0.39, 0.29) is 6.04 Å². The number of benzene rings is 1. The van der Waals surface area contributed by atoms with E-state index in [9.17, 15) is 0 Å². The molecule has 0 saturated carbocycles. The number of hydrogen-bond donors (Lipinski definition) is 1. The third-order valence-corrected chi connectivity index (χ3v) is 4.42. The van der Waals surface area contributed by atoms with Crippen LogP contribution in [0.5, 0.6) is 0 Å². The normalized spacial score (nSPS) is 22.8. The Morgan fingerprint density at radius 3 is 3.05 bits per heavy atom. The zero-order chi connectivity index (χ0) is 14.1. The molecule has 0 bridgehead atoms. The van der Waals surface area contributed by atoms with E-state index < -0.39 is 0 Å². The van der Waals surface area contributed by atoms with Crippen LogP contribution in [0.2, 0.25) is 0 Å². The molecule has 20 heavy (non-hydrogen) atoms. The summed E-state index contributed by atoms with van der Waals surface area (Å²) in [5, 5.41) is 3.53. The summed E-state index contributed by atoms with van der Waals surface area (Å²) in [4.78, 5) is 4.86. The maximum absolute atomic E-state index is 5.45. The van der Waals surface area contributed by atoms with Crippen LogP contribution >= 0.6 is 15.9 Å². The topological polar surface area (TPSA) is 39.1 Å². The summed E-state index contributed by atoms with van der Waals surface area (Å²) in [6, 6.07) is 6.61. The molecule has 3 rings (SSSR count). The van der Waals surface area contributed by atoms with Gasteiger partial charge in [0.15, 0.2) is 0 Å². The van der Waals surface area contributed by atoms with Crippen molar-refractivity contribution in [1.29, 1.82) is 0 Å². The van der Waals surface area contributed by atoms with E-state index in [1.54, 1.807) is 7.11 Å². The molecule has 1 aromatic heterocycles. The quantitative estimate of drug-likeness (QED) is 0.930. The van der Waals surface area contributed by atoms with Crippen molar-refractivity contribution in [2.24, 2.45) is 0 Å². The molecule has 1 aromatic carbocycles. The maximum atomic E-state index is 5.45. The van der Waals surface area contributed by atoms with E-state index in [1.165, 1.54) is 5.52 Å². The number of halogens is 1. The Labute approximate surface area is 127 Å². The lowest BCUT2D eigenvalue weighted by atomic mass is 10.2. The molecule has 4 nitrogen and oxygen atoms in total. The Bertz CT molecular complexity index is 610. The number of aryl methyl sites for hydroxylation is 1. The minimum absolute atomic E-state index is 0.290. The summed E-state index contributed by atoms with van der Waals surface area (Å²) in [5.74, 6) is 1.14. The fourth-order valence-corrected chi connectivity index (χ4v) is 3.27. The summed E-state index contributed by atoms with van der Waals surface area (Å²) in [5.41, 5.74) is 2.28. The fourth-order valence-electron chi connectivity index (χ4n) is 2.93. The summed E-state index contributed by atoms with van der Waals surface area (Å²) in [6.45, 7) is 4.11. The van der Waals surface area contributed by atoms with Gasteiger partial charge in [-0.15, -0.1) is 0 Å². The zero-order valence-corrected chi connectivity index (χ0v) is 13.5. The Kier molecular flexibility index (Phi) is 4.10. The van der Waals surface area contributed by atoms with Crippen molar-refractivity contribution in [3.05, 3.63) is 28.5 Å². The van der Waals surface area contributed by atoms with Crippen LogP contribution in [0.15, 0.2) is 22.7 Å². The van der Waals surface area contributed by atoms with Crippen LogP contribution in [-0.4, -0.2) is 29.3 Å². The van der Waals surface area contributed by atoms with Crippen molar-refractivity contribution in [3.8, 4) is 0 Å². The third-order valence-electron chi connectivity index (χ3n) is 3.92. The first-order chi connectivity index (χ1) is 9.72. The number of ether oxygens (including phenoxy) is 1. The lowest BCUT2D eigenvalue weighted by molar-refractivity contribution is 0.117. The third kappa shape index (κ3) is 2.50. The molecule has 1 fully saturated rings. The second kappa shape index (κ2) is 5.84. The van der Waals surface area contributed by atoms with Crippen LogP contribution in [0.1, 0.15) is 31.6 Å². The molecule has 2 heterocycles. The molecule has 5 heteroatoms. The van der Waals surface area contributed by atoms with Crippen LogP contribution in [0, 0.1) is 0 Å². The van der Waals surface area contributed by atoms with Gasteiger partial charge in [-0.25, -0.2) is 4.98 Å². The average molecular weight is 338 g/mol. The van der Waals surface area contributed by atoms with Gasteiger partial charge in [-0.3, -0.25) is 0 Å². The van der Waals surface area contributed by atoms with E-state index in [0.717, 1.165) is 41.7 Å². The van der Waals surface area contributed by atoms with E-state index in [2.05, 4.69) is 50.9 Å². The maximum Gasteiger partial charge on any atom is 0.127 e. The van der Waals surface area contributed by atoms with Crippen molar-refractivity contribution < 1.29 is 4.74 Å². The number of imidazole rings is 1. The van der Waals surface area contributed by atoms with Crippen LogP contribution in [-0.2, 0) is 11.3 Å². The first kappa shape index (κ1) is 14.0. The summed E-state index contributed by atoms with van der Waals surface area (Å²) < 4.78 is 8.87. The van der Waals surface area contributed by atoms with Gasteiger partial charge in [-0.05, 0) is 31.0 Å². The summed E-state index contributed by atoms with van der Waals surface area (Å²) in [7, 11) is 1.78. The minimum atomic E-state index is 0.290. The number of nitrogens with zero attached hydrogens (tertiary/aromatic N) is 2. The van der Waals surface area contributed by atoms with E-state index in [4.69, 9.17) is 9.72 Å². The van der Waals surface area contributed by atoms with Crippen molar-refractivity contribution >= 4 is 27.0 Å². The van der Waals surface area contributed by atoms with Gasteiger partial charge in [0, 0.05) is 24.7 Å². The van der Waals surface area contributed by atoms with Crippen LogP contribution in [0.25, 0.3) is 11.0 Å². The second-order valence-electron chi connectivity index (χ2n) is 5.31. The Balaban J connectivity index is 2.02. The molecule has 108 valence electrons. The number of hydrogen-bond acceptors (Lipinski definition) is 3. The SMILES string of the molecule is CCCn1c(C2CC(OC)CN2)nc2cc(Br)ccc21. The molecule has 1 aliphatic heterocycles. The van der Waals surface area contributed by atoms with Crippen LogP contribution < -0.4 is 5.32 Å². The molecule has 0 aliphatic carbocycles. The Morgan fingerprint density at radius 1 is 1.50 bits per heavy atom. The van der Waals surface area contributed by atoms with Crippen molar-refractivity contribution in [1.82, 2.24) is 14.9 Å². The number of rotatable bonds is 4. The first-order valence-corrected chi connectivity index (χ1v) is 7.94. The highest BCUT2D eigenvalue weighted by Gasteiger charge is 2.29. The highest BCUT2D eigenvalue weighted by atomic mass is 79.9. The zero-order valence-electron chi connectivity index (χ0n) is 11.9. The average Bonchev–Trinajstić information content (AvgIpc) is 3.03. The van der Waals surface area contributed by atoms with Gasteiger partial charge in [0.2, 0.25) is 0 Å². The van der Waals surface area contributed by atoms with Crippen LogP contribution in [0.3, 0.4) is 0 Å². The van der Waals surface area contributed by atoms with Gasteiger partial charge in [0.1, 0.15) is 5.82 Å². The molecule has 0 radical (unpaired) electrons. The number of aromatic nitrogens is 2. The largest absolute Gasteiger partial charge is 0.380 e. The van der Waals surface area contributed by atoms with Gasteiger partial charge < -0.3 is 14.6 Å². The molecule has 2 unspecified atom stereocenters. The highest BCUT2D eigenvalue weighted by molar-refractivity contribution is 9.10. The highest BCUT2D eigenvalue weighted by Crippen LogP contribution is 2.29. The van der Waals surface area contributed by atoms with E-state index in [1.807, 2.05) is 0 Å². The van der Waals surface area contributed by atoms with Crippen molar-refractivity contribution in [2.45, 2.75) is 38.5 Å². The van der Waals surface area contributed by atoms with Crippen molar-refractivity contribution in [2.75, 3.05) is 13.7 Å². The molecular formula is C15H20BrN3O. The molecule has 1 N–H and O–H groups in total. The Morgan fingerprint density at radius 2 is 2.35 bits per heavy atom. The lowest BCUT2D eigenvalue weighted by Gasteiger charge is -2.13.